The van der Waals surface area contributed by atoms with Crippen molar-refractivity contribution in [3.8, 4) is 5.75 Å². The maximum absolute atomic E-state index is 10.3. The van der Waals surface area contributed by atoms with Crippen molar-refractivity contribution in [2.75, 3.05) is 0 Å². The van der Waals surface area contributed by atoms with Crippen LogP contribution in [0.3, 0.4) is 0 Å². The van der Waals surface area contributed by atoms with Crippen LogP contribution in [-0.4, -0.2) is 4.92 Å². The van der Waals surface area contributed by atoms with Gasteiger partial charge in [0.15, 0.2) is 0 Å². The molecule has 0 unspecified atom stereocenters. The highest BCUT2D eigenvalue weighted by atomic mass is 35.5. The predicted molar refractivity (Wildman–Crippen MR) is 53.5 cm³/mol. The molecule has 0 fully saturated rings. The molecule has 0 saturated heterocycles. The summed E-state index contributed by atoms with van der Waals surface area (Å²) < 4.78 is 4.97. The molecule has 0 heterocycles. The Balaban J connectivity index is 2.79. The molecule has 1 aromatic carbocycles. The van der Waals surface area contributed by atoms with Crippen molar-refractivity contribution in [2.45, 2.75) is 0 Å². The summed E-state index contributed by atoms with van der Waals surface area (Å²) in [5.74, 6) is 0.387. The van der Waals surface area contributed by atoms with E-state index in [0.717, 1.165) is 5.54 Å². The second-order valence-electron chi connectivity index (χ2n) is 2.27. The highest BCUT2D eigenvalue weighted by Crippen LogP contribution is 2.20. The average Bonchev–Trinajstić information content (AvgIpc) is 2.18. The van der Waals surface area contributed by atoms with Gasteiger partial charge in [-0.2, -0.15) is 0 Å². The summed E-state index contributed by atoms with van der Waals surface area (Å²) >= 11 is 10.7. The first kappa shape index (κ1) is 10.8. The summed E-state index contributed by atoms with van der Waals surface area (Å²) in [4.78, 5) is 9.80. The van der Waals surface area contributed by atoms with Gasteiger partial charge >= 0.3 is 0 Å². The molecule has 0 aliphatic carbocycles. The van der Waals surface area contributed by atoms with Crippen molar-refractivity contribution in [1.82, 2.24) is 0 Å². The lowest BCUT2D eigenvalue weighted by Crippen LogP contribution is -1.89. The van der Waals surface area contributed by atoms with Gasteiger partial charge in [-0.05, 0) is 23.7 Å². The van der Waals surface area contributed by atoms with E-state index in [1.54, 1.807) is 0 Å². The van der Waals surface area contributed by atoms with E-state index in [1.165, 1.54) is 24.3 Å². The third-order valence-electron chi connectivity index (χ3n) is 1.35. The normalized spacial score (nSPS) is 11.1. The molecule has 0 N–H and O–H groups in total. The van der Waals surface area contributed by atoms with Gasteiger partial charge in [0.05, 0.1) is 10.5 Å². The summed E-state index contributed by atoms with van der Waals surface area (Å²) in [6, 6.07) is 5.49. The zero-order valence-corrected chi connectivity index (χ0v) is 8.33. The summed E-state index contributed by atoms with van der Waals surface area (Å²) in [6.45, 7) is 0. The van der Waals surface area contributed by atoms with E-state index in [0.29, 0.717) is 5.75 Å². The Labute approximate surface area is 89.8 Å². The zero-order valence-electron chi connectivity index (χ0n) is 6.81. The number of rotatable bonds is 3. The van der Waals surface area contributed by atoms with Crippen molar-refractivity contribution >= 4 is 28.9 Å². The van der Waals surface area contributed by atoms with Crippen LogP contribution in [0.1, 0.15) is 0 Å². The molecule has 4 nitrogen and oxygen atoms in total. The number of nitro benzene ring substituents is 1. The largest absolute Gasteiger partial charge is 0.444 e. The third kappa shape index (κ3) is 2.90. The first-order valence-electron chi connectivity index (χ1n) is 3.51. The van der Waals surface area contributed by atoms with Gasteiger partial charge in [0, 0.05) is 12.1 Å². The molecule has 0 aromatic heterocycles. The molecule has 0 bridgehead atoms. The first-order chi connectivity index (χ1) is 6.63. The van der Waals surface area contributed by atoms with Crippen LogP contribution in [0, 0.1) is 10.1 Å². The molecule has 0 aliphatic rings. The topological polar surface area (TPSA) is 52.4 Å². The maximum Gasteiger partial charge on any atom is 0.269 e. The Morgan fingerprint density at radius 2 is 2.00 bits per heavy atom. The smallest absolute Gasteiger partial charge is 0.269 e. The summed E-state index contributed by atoms with van der Waals surface area (Å²) in [6.07, 6.45) is 0. The molecule has 1 rings (SSSR count). The molecule has 6 heteroatoms. The fourth-order valence-corrected chi connectivity index (χ4v) is 0.904. The van der Waals surface area contributed by atoms with E-state index >= 15 is 0 Å². The van der Waals surface area contributed by atoms with Gasteiger partial charge in [0.2, 0.25) is 5.22 Å². The zero-order chi connectivity index (χ0) is 10.6. The van der Waals surface area contributed by atoms with Gasteiger partial charge in [-0.3, -0.25) is 10.1 Å². The van der Waals surface area contributed by atoms with Crippen molar-refractivity contribution < 1.29 is 9.66 Å². The van der Waals surface area contributed by atoms with Crippen molar-refractivity contribution in [3.63, 3.8) is 0 Å². The lowest BCUT2D eigenvalue weighted by molar-refractivity contribution is -0.384. The van der Waals surface area contributed by atoms with E-state index in [9.17, 15) is 10.1 Å². The molecular weight excluding hydrogens is 229 g/mol. The minimum absolute atomic E-state index is 0.000481. The van der Waals surface area contributed by atoms with Crippen LogP contribution in [0.15, 0.2) is 35.0 Å². The number of hydrogen-bond acceptors (Lipinski definition) is 3. The average molecular weight is 234 g/mol. The number of nitrogens with zero attached hydrogens (tertiary/aromatic N) is 1. The SMILES string of the molecule is O=[N+]([O-])c1ccc(O/C(Cl)=C\Cl)cc1. The minimum Gasteiger partial charge on any atom is -0.444 e. The van der Waals surface area contributed by atoms with Gasteiger partial charge in [-0.25, -0.2) is 0 Å². The van der Waals surface area contributed by atoms with Crippen molar-refractivity contribution in [1.29, 1.82) is 0 Å². The van der Waals surface area contributed by atoms with E-state index in [2.05, 4.69) is 0 Å². The van der Waals surface area contributed by atoms with Crippen LogP contribution in [0.2, 0.25) is 0 Å². The van der Waals surface area contributed by atoms with Crippen LogP contribution in [-0.2, 0) is 0 Å². The minimum atomic E-state index is -0.497. The van der Waals surface area contributed by atoms with Gasteiger partial charge in [-0.1, -0.05) is 11.6 Å². The Hall–Kier alpha value is -1.26. The van der Waals surface area contributed by atoms with E-state index in [1.807, 2.05) is 0 Å². The molecule has 0 saturated carbocycles. The summed E-state index contributed by atoms with van der Waals surface area (Å²) in [7, 11) is 0. The number of benzene rings is 1. The molecule has 1 aromatic rings. The van der Waals surface area contributed by atoms with Crippen LogP contribution >= 0.6 is 23.2 Å². The van der Waals surface area contributed by atoms with Crippen molar-refractivity contribution in [3.05, 3.63) is 45.1 Å². The van der Waals surface area contributed by atoms with Gasteiger partial charge in [-0.15, -0.1) is 0 Å². The van der Waals surface area contributed by atoms with E-state index in [-0.39, 0.29) is 10.9 Å². The molecule has 0 aliphatic heterocycles. The van der Waals surface area contributed by atoms with Crippen LogP contribution < -0.4 is 4.74 Å². The fourth-order valence-electron chi connectivity index (χ4n) is 0.771. The summed E-state index contributed by atoms with van der Waals surface area (Å²) in [5, 5.41) is 10.3. The number of non-ortho nitro benzene ring substituents is 1. The second-order valence-corrected chi connectivity index (χ2v) is 2.86. The number of nitro groups is 1. The quantitative estimate of drug-likeness (QED) is 0.458. The summed E-state index contributed by atoms with van der Waals surface area (Å²) in [5.41, 5.74) is 1.05. The second kappa shape index (κ2) is 4.83. The Bertz CT molecular complexity index is 361. The van der Waals surface area contributed by atoms with E-state index < -0.39 is 4.92 Å². The number of hydrogen-bond donors (Lipinski definition) is 0. The van der Waals surface area contributed by atoms with Gasteiger partial charge in [0.1, 0.15) is 5.75 Å². The van der Waals surface area contributed by atoms with E-state index in [4.69, 9.17) is 27.9 Å². The molecule has 0 amide bonds. The molecular formula is C8H5Cl2NO3. The van der Waals surface area contributed by atoms with Gasteiger partial charge in [0.25, 0.3) is 5.69 Å². The Morgan fingerprint density at radius 1 is 1.43 bits per heavy atom. The standard InChI is InChI=1S/C8H5Cl2NO3/c9-5-8(10)14-7-3-1-6(2-4-7)11(12)13/h1-5H/b8-5-. The number of halogens is 2. The first-order valence-corrected chi connectivity index (χ1v) is 4.33. The van der Waals surface area contributed by atoms with Crippen LogP contribution in [0.5, 0.6) is 5.75 Å². The van der Waals surface area contributed by atoms with Gasteiger partial charge < -0.3 is 4.74 Å². The Morgan fingerprint density at radius 3 is 2.43 bits per heavy atom. The fraction of sp³-hybridized carbons (Fsp3) is 0. The molecule has 74 valence electrons. The molecule has 14 heavy (non-hydrogen) atoms. The lowest BCUT2D eigenvalue weighted by Gasteiger charge is -2.01. The molecule has 0 atom stereocenters. The number of ether oxygens (including phenoxy) is 1. The molecule has 0 spiro atoms. The van der Waals surface area contributed by atoms with Crippen molar-refractivity contribution in [2.24, 2.45) is 0 Å². The highest BCUT2D eigenvalue weighted by Gasteiger charge is 2.04. The van der Waals surface area contributed by atoms with Crippen LogP contribution in [0.4, 0.5) is 5.69 Å². The highest BCUT2D eigenvalue weighted by molar-refractivity contribution is 6.35. The van der Waals surface area contributed by atoms with Crippen LogP contribution in [0.25, 0.3) is 0 Å². The molecule has 0 radical (unpaired) electrons. The maximum atomic E-state index is 10.3. The monoisotopic (exact) mass is 233 g/mol. The predicted octanol–water partition coefficient (Wildman–Crippen LogP) is 3.25. The Kier molecular flexibility index (Phi) is 3.73. The third-order valence-corrected chi connectivity index (χ3v) is 1.84. The lowest BCUT2D eigenvalue weighted by atomic mass is 10.3.